The lowest BCUT2D eigenvalue weighted by atomic mass is 10.1. The average molecular weight is 385 g/mol. The molecule has 138 valence electrons. The monoisotopic (exact) mass is 384 g/mol. The van der Waals surface area contributed by atoms with Crippen molar-refractivity contribution in [2.24, 2.45) is 0 Å². The minimum absolute atomic E-state index is 0.0684. The summed E-state index contributed by atoms with van der Waals surface area (Å²) in [7, 11) is 0. The topological polar surface area (TPSA) is 104 Å². The summed E-state index contributed by atoms with van der Waals surface area (Å²) in [6.45, 7) is 1.57. The van der Waals surface area contributed by atoms with E-state index < -0.39 is 11.9 Å². The molecule has 2 aromatic carbocycles. The molecule has 7 nitrogen and oxygen atoms in total. The molecule has 0 aliphatic heterocycles. The molecule has 2 amide bonds. The highest BCUT2D eigenvalue weighted by Crippen LogP contribution is 2.20. The highest BCUT2D eigenvalue weighted by Gasteiger charge is 2.18. The smallest absolute Gasteiger partial charge is 0.272 e. The van der Waals surface area contributed by atoms with Crippen LogP contribution in [0.1, 0.15) is 12.6 Å². The number of aromatic nitrogens is 2. The van der Waals surface area contributed by atoms with Crippen LogP contribution >= 0.6 is 11.6 Å². The van der Waals surface area contributed by atoms with Gasteiger partial charge >= 0.3 is 0 Å². The van der Waals surface area contributed by atoms with Crippen molar-refractivity contribution < 1.29 is 9.59 Å². The Kier molecular flexibility index (Phi) is 5.52. The van der Waals surface area contributed by atoms with E-state index in [9.17, 15) is 14.4 Å². The molecular formula is C19H17ClN4O3. The third-order valence-electron chi connectivity index (χ3n) is 4.01. The molecule has 27 heavy (non-hydrogen) atoms. The molecule has 0 aliphatic rings. The normalized spacial score (nSPS) is 11.8. The summed E-state index contributed by atoms with van der Waals surface area (Å²) in [5.74, 6) is -0.780. The number of carbonyl (C=O) groups excluding carboxylic acids is 2. The number of H-pyrrole nitrogens is 1. The highest BCUT2D eigenvalue weighted by molar-refractivity contribution is 6.33. The van der Waals surface area contributed by atoms with Crippen LogP contribution in [0.4, 0.5) is 5.69 Å². The van der Waals surface area contributed by atoms with E-state index in [4.69, 9.17) is 11.6 Å². The van der Waals surface area contributed by atoms with E-state index in [1.807, 2.05) is 0 Å². The number of nitrogens with zero attached hydrogens (tertiary/aromatic N) is 1. The highest BCUT2D eigenvalue weighted by atomic mass is 35.5. The summed E-state index contributed by atoms with van der Waals surface area (Å²) in [5.41, 5.74) is 0.585. The first-order valence-corrected chi connectivity index (χ1v) is 8.64. The fraction of sp³-hybridized carbons (Fsp3) is 0.158. The van der Waals surface area contributed by atoms with Crippen molar-refractivity contribution in [1.29, 1.82) is 0 Å². The fourth-order valence-corrected chi connectivity index (χ4v) is 2.80. The quantitative estimate of drug-likeness (QED) is 0.627. The molecule has 1 aromatic heterocycles. The van der Waals surface area contributed by atoms with Crippen LogP contribution < -0.4 is 16.2 Å². The van der Waals surface area contributed by atoms with Crippen molar-refractivity contribution in [1.82, 2.24) is 15.5 Å². The maximum absolute atomic E-state index is 12.3. The molecule has 0 bridgehead atoms. The summed E-state index contributed by atoms with van der Waals surface area (Å²) in [6.07, 6.45) is -0.0684. The molecule has 0 spiro atoms. The van der Waals surface area contributed by atoms with Gasteiger partial charge in [0.15, 0.2) is 0 Å². The Balaban J connectivity index is 1.67. The first-order chi connectivity index (χ1) is 13.0. The van der Waals surface area contributed by atoms with Gasteiger partial charge in [-0.3, -0.25) is 14.4 Å². The number of anilines is 1. The number of aromatic amines is 1. The predicted octanol–water partition coefficient (Wildman–Crippen LogP) is 2.26. The summed E-state index contributed by atoms with van der Waals surface area (Å²) in [6, 6.07) is 13.0. The molecular weight excluding hydrogens is 368 g/mol. The zero-order valence-electron chi connectivity index (χ0n) is 14.5. The molecule has 0 fully saturated rings. The number of benzene rings is 2. The summed E-state index contributed by atoms with van der Waals surface area (Å²) in [4.78, 5) is 36.4. The van der Waals surface area contributed by atoms with Gasteiger partial charge in [-0.05, 0) is 25.1 Å². The standard InChI is InChI=1S/C19H17ClN4O3/c1-11(18(26)22-15-9-5-4-8-14(15)20)21-17(25)10-16-12-6-2-3-7-13(12)19(27)24-23-16/h2-9,11H,10H2,1H3,(H,21,25)(H,22,26)(H,24,27)/t11-/m0/s1. The number of para-hydroxylation sites is 1. The fourth-order valence-electron chi connectivity index (χ4n) is 2.62. The third kappa shape index (κ3) is 4.32. The minimum atomic E-state index is -0.775. The minimum Gasteiger partial charge on any atom is -0.344 e. The Bertz CT molecular complexity index is 1060. The first-order valence-electron chi connectivity index (χ1n) is 8.27. The Morgan fingerprint density at radius 2 is 1.78 bits per heavy atom. The average Bonchev–Trinajstić information content (AvgIpc) is 2.66. The van der Waals surface area contributed by atoms with Crippen LogP contribution in [0.15, 0.2) is 53.3 Å². The lowest BCUT2D eigenvalue weighted by Gasteiger charge is -2.15. The van der Waals surface area contributed by atoms with Crippen molar-refractivity contribution in [2.75, 3.05) is 5.32 Å². The zero-order valence-corrected chi connectivity index (χ0v) is 15.2. The van der Waals surface area contributed by atoms with Gasteiger partial charge in [-0.15, -0.1) is 0 Å². The predicted molar refractivity (Wildman–Crippen MR) is 104 cm³/mol. The lowest BCUT2D eigenvalue weighted by molar-refractivity contribution is -0.125. The molecule has 8 heteroatoms. The Morgan fingerprint density at radius 3 is 2.52 bits per heavy atom. The second-order valence-corrected chi connectivity index (χ2v) is 6.39. The third-order valence-corrected chi connectivity index (χ3v) is 4.34. The number of carbonyl (C=O) groups is 2. The molecule has 1 heterocycles. The van der Waals surface area contributed by atoms with Crippen molar-refractivity contribution in [3.8, 4) is 0 Å². The molecule has 3 rings (SSSR count). The number of nitrogens with one attached hydrogen (secondary N) is 3. The van der Waals surface area contributed by atoms with E-state index >= 15 is 0 Å². The van der Waals surface area contributed by atoms with Gasteiger partial charge in [0.05, 0.1) is 28.2 Å². The van der Waals surface area contributed by atoms with Gasteiger partial charge in [0.1, 0.15) is 6.04 Å². The Hall–Kier alpha value is -3.19. The van der Waals surface area contributed by atoms with Crippen LogP contribution in [0.5, 0.6) is 0 Å². The molecule has 3 aromatic rings. The summed E-state index contributed by atoms with van der Waals surface area (Å²) in [5, 5.41) is 13.1. The van der Waals surface area contributed by atoms with E-state index in [0.29, 0.717) is 27.2 Å². The van der Waals surface area contributed by atoms with Gasteiger partial charge in [0.2, 0.25) is 11.8 Å². The second-order valence-electron chi connectivity index (χ2n) is 5.98. The molecule has 0 saturated carbocycles. The van der Waals surface area contributed by atoms with E-state index in [2.05, 4.69) is 20.8 Å². The summed E-state index contributed by atoms with van der Waals surface area (Å²) < 4.78 is 0. The number of fused-ring (bicyclic) bond motifs is 1. The number of hydrogen-bond donors (Lipinski definition) is 3. The van der Waals surface area contributed by atoms with Gasteiger partial charge < -0.3 is 10.6 Å². The van der Waals surface area contributed by atoms with Gasteiger partial charge in [-0.2, -0.15) is 5.10 Å². The second kappa shape index (κ2) is 8.01. The number of rotatable bonds is 5. The Labute approximate surface area is 159 Å². The zero-order chi connectivity index (χ0) is 19.4. The van der Waals surface area contributed by atoms with Crippen molar-refractivity contribution in [3.05, 3.63) is 69.6 Å². The Morgan fingerprint density at radius 1 is 1.11 bits per heavy atom. The lowest BCUT2D eigenvalue weighted by Crippen LogP contribution is -2.42. The maximum atomic E-state index is 12.3. The number of amides is 2. The van der Waals surface area contributed by atoms with Crippen LogP contribution in [0.3, 0.4) is 0 Å². The van der Waals surface area contributed by atoms with Crippen LogP contribution in [0.25, 0.3) is 10.8 Å². The first kappa shape index (κ1) is 18.6. The van der Waals surface area contributed by atoms with Gasteiger partial charge in [-0.25, -0.2) is 5.10 Å². The molecule has 1 atom stereocenters. The number of hydrogen-bond acceptors (Lipinski definition) is 4. The van der Waals surface area contributed by atoms with E-state index in [1.54, 1.807) is 55.5 Å². The van der Waals surface area contributed by atoms with E-state index in [0.717, 1.165) is 0 Å². The largest absolute Gasteiger partial charge is 0.344 e. The van der Waals surface area contributed by atoms with Crippen molar-refractivity contribution >= 4 is 39.9 Å². The summed E-state index contributed by atoms with van der Waals surface area (Å²) >= 11 is 6.01. The van der Waals surface area contributed by atoms with Gasteiger partial charge in [-0.1, -0.05) is 41.9 Å². The van der Waals surface area contributed by atoms with Crippen LogP contribution in [0.2, 0.25) is 5.02 Å². The molecule has 0 radical (unpaired) electrons. The number of halogens is 1. The van der Waals surface area contributed by atoms with E-state index in [1.165, 1.54) is 0 Å². The van der Waals surface area contributed by atoms with E-state index in [-0.39, 0.29) is 17.9 Å². The van der Waals surface area contributed by atoms with Crippen molar-refractivity contribution in [2.45, 2.75) is 19.4 Å². The van der Waals surface area contributed by atoms with Crippen molar-refractivity contribution in [3.63, 3.8) is 0 Å². The molecule has 0 saturated heterocycles. The maximum Gasteiger partial charge on any atom is 0.272 e. The van der Waals surface area contributed by atoms with Crippen LogP contribution in [-0.4, -0.2) is 28.1 Å². The van der Waals surface area contributed by atoms with Gasteiger partial charge in [0.25, 0.3) is 5.56 Å². The van der Waals surface area contributed by atoms with Crippen LogP contribution in [0, 0.1) is 0 Å². The molecule has 3 N–H and O–H groups in total. The SMILES string of the molecule is C[C@H](NC(=O)Cc1n[nH]c(=O)c2ccccc12)C(=O)Nc1ccccc1Cl. The molecule has 0 unspecified atom stereocenters. The van der Waals surface area contributed by atoms with Gasteiger partial charge in [0, 0.05) is 5.39 Å². The molecule has 0 aliphatic carbocycles. The van der Waals surface area contributed by atoms with Crippen LogP contribution in [-0.2, 0) is 16.0 Å².